The van der Waals surface area contributed by atoms with E-state index in [1.54, 1.807) is 0 Å². The number of rotatable bonds is 3. The van der Waals surface area contributed by atoms with Gasteiger partial charge in [0, 0.05) is 7.05 Å². The lowest BCUT2D eigenvalue weighted by atomic mass is 10.3. The number of H-pyrrole nitrogens is 1. The lowest BCUT2D eigenvalue weighted by molar-refractivity contribution is -0.385. The van der Waals surface area contributed by atoms with Gasteiger partial charge >= 0.3 is 11.6 Å². The van der Waals surface area contributed by atoms with Crippen LogP contribution in [0.1, 0.15) is 10.5 Å². The highest BCUT2D eigenvalue weighted by Crippen LogP contribution is 2.15. The Morgan fingerprint density at radius 1 is 1.79 bits per heavy atom. The molecule has 0 spiro atoms. The van der Waals surface area contributed by atoms with Gasteiger partial charge in [-0.05, 0) is 0 Å². The fraction of sp³-hybridized carbons (Fsp3) is 0.333. The first-order chi connectivity index (χ1) is 6.57. The first kappa shape index (κ1) is 10.1. The molecule has 0 aromatic carbocycles. The van der Waals surface area contributed by atoms with E-state index in [-0.39, 0.29) is 11.4 Å². The Kier molecular flexibility index (Phi) is 2.77. The van der Waals surface area contributed by atoms with Crippen molar-refractivity contribution >= 4 is 11.6 Å². The summed E-state index contributed by atoms with van der Waals surface area (Å²) in [6, 6.07) is 0. The SMILES string of the molecule is CON(C)C(=O)c1n[nH]cc1[N+](=O)[O-]. The van der Waals surface area contributed by atoms with E-state index in [0.29, 0.717) is 0 Å². The molecule has 0 bridgehead atoms. The molecule has 0 unspecified atom stereocenters. The van der Waals surface area contributed by atoms with Crippen molar-refractivity contribution in [3.05, 3.63) is 22.0 Å². The average Bonchev–Trinajstić information content (AvgIpc) is 2.63. The predicted octanol–water partition coefficient (Wildman–Crippen LogP) is -0.0487. The Morgan fingerprint density at radius 3 is 2.93 bits per heavy atom. The minimum absolute atomic E-state index is 0.278. The minimum Gasteiger partial charge on any atom is -0.278 e. The van der Waals surface area contributed by atoms with Crippen LogP contribution in [0, 0.1) is 10.1 Å². The first-order valence-electron chi connectivity index (χ1n) is 3.58. The maximum absolute atomic E-state index is 11.4. The predicted molar refractivity (Wildman–Crippen MR) is 44.3 cm³/mol. The molecule has 0 aliphatic rings. The van der Waals surface area contributed by atoms with Crippen molar-refractivity contribution in [2.24, 2.45) is 0 Å². The van der Waals surface area contributed by atoms with E-state index in [1.807, 2.05) is 0 Å². The highest BCUT2D eigenvalue weighted by Gasteiger charge is 2.26. The number of amides is 1. The average molecular weight is 200 g/mol. The first-order valence-corrected chi connectivity index (χ1v) is 3.58. The molecule has 0 saturated carbocycles. The monoisotopic (exact) mass is 200 g/mol. The third-order valence-corrected chi connectivity index (χ3v) is 1.58. The second-order valence-electron chi connectivity index (χ2n) is 2.36. The van der Waals surface area contributed by atoms with E-state index < -0.39 is 10.8 Å². The van der Waals surface area contributed by atoms with Gasteiger partial charge in [0.2, 0.25) is 5.69 Å². The van der Waals surface area contributed by atoms with Gasteiger partial charge in [0.1, 0.15) is 6.20 Å². The van der Waals surface area contributed by atoms with Crippen molar-refractivity contribution in [1.82, 2.24) is 15.3 Å². The molecule has 1 N–H and O–H groups in total. The number of carbonyl (C=O) groups excluding carboxylic acids is 1. The smallest absolute Gasteiger partial charge is 0.278 e. The lowest BCUT2D eigenvalue weighted by Gasteiger charge is -2.10. The molecular formula is C6H8N4O4. The van der Waals surface area contributed by atoms with Gasteiger partial charge < -0.3 is 0 Å². The van der Waals surface area contributed by atoms with Crippen LogP contribution in [0.4, 0.5) is 5.69 Å². The summed E-state index contributed by atoms with van der Waals surface area (Å²) in [5, 5.41) is 17.0. The second-order valence-corrected chi connectivity index (χ2v) is 2.36. The van der Waals surface area contributed by atoms with Gasteiger partial charge in [-0.15, -0.1) is 0 Å². The normalized spacial score (nSPS) is 9.86. The molecule has 1 aromatic heterocycles. The maximum Gasteiger partial charge on any atom is 0.319 e. The van der Waals surface area contributed by atoms with E-state index in [1.165, 1.54) is 14.2 Å². The summed E-state index contributed by atoms with van der Waals surface area (Å²) in [5.41, 5.74) is -0.654. The van der Waals surface area contributed by atoms with Crippen molar-refractivity contribution in [1.29, 1.82) is 0 Å². The highest BCUT2D eigenvalue weighted by molar-refractivity contribution is 5.95. The fourth-order valence-corrected chi connectivity index (χ4v) is 0.812. The van der Waals surface area contributed by atoms with Crippen LogP contribution < -0.4 is 0 Å². The van der Waals surface area contributed by atoms with E-state index in [2.05, 4.69) is 15.0 Å². The van der Waals surface area contributed by atoms with Gasteiger partial charge in [-0.3, -0.25) is 24.8 Å². The lowest BCUT2D eigenvalue weighted by Crippen LogP contribution is -2.26. The highest BCUT2D eigenvalue weighted by atomic mass is 16.7. The molecule has 1 heterocycles. The Hall–Kier alpha value is -1.96. The van der Waals surface area contributed by atoms with Gasteiger partial charge in [-0.25, -0.2) is 5.06 Å². The molecule has 0 radical (unpaired) electrons. The second kappa shape index (κ2) is 3.83. The molecule has 76 valence electrons. The van der Waals surface area contributed by atoms with Crippen LogP contribution in [0.15, 0.2) is 6.20 Å². The third kappa shape index (κ3) is 1.69. The quantitative estimate of drug-likeness (QED) is 0.544. The van der Waals surface area contributed by atoms with Crippen LogP contribution in [0.5, 0.6) is 0 Å². The van der Waals surface area contributed by atoms with Gasteiger partial charge in [0.15, 0.2) is 0 Å². The van der Waals surface area contributed by atoms with Crippen molar-refractivity contribution in [3.63, 3.8) is 0 Å². The van der Waals surface area contributed by atoms with Crippen molar-refractivity contribution in [2.45, 2.75) is 0 Å². The van der Waals surface area contributed by atoms with Gasteiger partial charge in [-0.2, -0.15) is 5.10 Å². The molecule has 0 fully saturated rings. The topological polar surface area (TPSA) is 101 Å². The molecule has 8 nitrogen and oxygen atoms in total. The molecular weight excluding hydrogens is 192 g/mol. The molecule has 0 saturated heterocycles. The summed E-state index contributed by atoms with van der Waals surface area (Å²) in [7, 11) is 2.61. The van der Waals surface area contributed by atoms with Crippen LogP contribution in [0.25, 0.3) is 0 Å². The maximum atomic E-state index is 11.4. The van der Waals surface area contributed by atoms with Crippen LogP contribution in [-0.2, 0) is 4.84 Å². The van der Waals surface area contributed by atoms with Gasteiger partial charge in [0.25, 0.3) is 0 Å². The zero-order chi connectivity index (χ0) is 10.7. The van der Waals surface area contributed by atoms with Crippen molar-refractivity contribution < 1.29 is 14.6 Å². The summed E-state index contributed by atoms with van der Waals surface area (Å²) in [6.45, 7) is 0. The van der Waals surface area contributed by atoms with Crippen LogP contribution in [0.3, 0.4) is 0 Å². The van der Waals surface area contributed by atoms with E-state index >= 15 is 0 Å². The third-order valence-electron chi connectivity index (χ3n) is 1.58. The summed E-state index contributed by atoms with van der Waals surface area (Å²) in [4.78, 5) is 25.7. The van der Waals surface area contributed by atoms with Crippen molar-refractivity contribution in [2.75, 3.05) is 14.2 Å². The number of aromatic amines is 1. The number of nitrogens with one attached hydrogen (secondary N) is 1. The number of hydrogen-bond donors (Lipinski definition) is 1. The standard InChI is InChI=1S/C6H8N4O4/c1-9(14-2)6(11)5-4(10(12)13)3-7-8-5/h3H,1-2H3,(H,7,8). The molecule has 8 heteroatoms. The fourth-order valence-electron chi connectivity index (χ4n) is 0.812. The molecule has 14 heavy (non-hydrogen) atoms. The Labute approximate surface area is 78.6 Å². The summed E-state index contributed by atoms with van der Waals surface area (Å²) >= 11 is 0. The van der Waals surface area contributed by atoms with Crippen LogP contribution >= 0.6 is 0 Å². The Morgan fingerprint density at radius 2 is 2.43 bits per heavy atom. The number of nitrogens with zero attached hydrogens (tertiary/aromatic N) is 3. The molecule has 1 rings (SSSR count). The number of hydrogen-bond acceptors (Lipinski definition) is 5. The van der Waals surface area contributed by atoms with Crippen LogP contribution in [0.2, 0.25) is 0 Å². The largest absolute Gasteiger partial charge is 0.319 e. The van der Waals surface area contributed by atoms with Gasteiger partial charge in [-0.1, -0.05) is 0 Å². The number of hydroxylamine groups is 2. The zero-order valence-corrected chi connectivity index (χ0v) is 7.55. The summed E-state index contributed by atoms with van der Waals surface area (Å²) in [6.07, 6.45) is 1.04. The Balaban J connectivity index is 3.01. The Bertz CT molecular complexity index is 360. The summed E-state index contributed by atoms with van der Waals surface area (Å²) in [5.74, 6) is -0.680. The van der Waals surface area contributed by atoms with Crippen molar-refractivity contribution in [3.8, 4) is 0 Å². The van der Waals surface area contributed by atoms with E-state index in [0.717, 1.165) is 11.3 Å². The van der Waals surface area contributed by atoms with Gasteiger partial charge in [0.05, 0.1) is 12.0 Å². The van der Waals surface area contributed by atoms with E-state index in [9.17, 15) is 14.9 Å². The van der Waals surface area contributed by atoms with E-state index in [4.69, 9.17) is 0 Å². The number of carbonyl (C=O) groups is 1. The molecule has 0 atom stereocenters. The minimum atomic E-state index is -0.694. The molecule has 0 aliphatic carbocycles. The van der Waals surface area contributed by atoms with Crippen LogP contribution in [-0.4, -0.2) is 40.2 Å². The molecule has 1 amide bonds. The molecule has 1 aromatic rings. The summed E-state index contributed by atoms with van der Waals surface area (Å²) < 4.78 is 0. The number of aromatic nitrogens is 2. The molecule has 0 aliphatic heterocycles. The number of nitro groups is 1. The zero-order valence-electron chi connectivity index (χ0n) is 7.55.